The molecule has 1 fully saturated rings. The number of anilines is 2. The number of esters is 1. The lowest BCUT2D eigenvalue weighted by atomic mass is 10.00. The second-order valence-electron chi connectivity index (χ2n) is 6.91. The molecule has 1 amide bonds. The van der Waals surface area contributed by atoms with Crippen molar-refractivity contribution in [3.8, 4) is 0 Å². The molecule has 6 heteroatoms. The van der Waals surface area contributed by atoms with Gasteiger partial charge in [0.1, 0.15) is 5.82 Å². The maximum Gasteiger partial charge on any atom is 0.338 e. The topological polar surface area (TPSA) is 71.5 Å². The minimum absolute atomic E-state index is 0.197. The Hall–Kier alpha value is -2.89. The lowest BCUT2D eigenvalue weighted by molar-refractivity contribution is 0.0526. The SMILES string of the molecule is CCOC(=O)c1ccc(NC(=O)c2ccnc(N3CCCCC3CC)c2)cc1. The number of hydrogen-bond donors (Lipinski definition) is 1. The van der Waals surface area contributed by atoms with Gasteiger partial charge >= 0.3 is 5.97 Å². The molecule has 0 bridgehead atoms. The van der Waals surface area contributed by atoms with Crippen LogP contribution in [0.15, 0.2) is 42.6 Å². The van der Waals surface area contributed by atoms with E-state index in [1.807, 2.05) is 6.07 Å². The molecule has 148 valence electrons. The molecule has 2 heterocycles. The van der Waals surface area contributed by atoms with Gasteiger partial charge in [-0.3, -0.25) is 4.79 Å². The molecule has 0 radical (unpaired) electrons. The number of amides is 1. The van der Waals surface area contributed by atoms with Gasteiger partial charge in [0, 0.05) is 30.0 Å². The first-order chi connectivity index (χ1) is 13.6. The van der Waals surface area contributed by atoms with E-state index in [-0.39, 0.29) is 11.9 Å². The van der Waals surface area contributed by atoms with E-state index in [1.165, 1.54) is 12.8 Å². The molecule has 3 rings (SSSR count). The van der Waals surface area contributed by atoms with Gasteiger partial charge in [0.05, 0.1) is 12.2 Å². The van der Waals surface area contributed by atoms with Crippen LogP contribution in [-0.2, 0) is 4.74 Å². The summed E-state index contributed by atoms with van der Waals surface area (Å²) in [6.45, 7) is 5.27. The van der Waals surface area contributed by atoms with Crippen LogP contribution in [-0.4, -0.2) is 36.1 Å². The van der Waals surface area contributed by atoms with Gasteiger partial charge in [-0.2, -0.15) is 0 Å². The number of piperidine rings is 1. The molecule has 0 aliphatic carbocycles. The van der Waals surface area contributed by atoms with E-state index in [2.05, 4.69) is 22.1 Å². The van der Waals surface area contributed by atoms with E-state index in [0.717, 1.165) is 25.2 Å². The van der Waals surface area contributed by atoms with Gasteiger partial charge in [-0.25, -0.2) is 9.78 Å². The summed E-state index contributed by atoms with van der Waals surface area (Å²) in [7, 11) is 0. The van der Waals surface area contributed by atoms with E-state index in [1.54, 1.807) is 43.5 Å². The first kappa shape index (κ1) is 19.9. The molecule has 0 spiro atoms. The first-order valence-corrected chi connectivity index (χ1v) is 9.93. The molecule has 1 aliphatic rings. The van der Waals surface area contributed by atoms with Gasteiger partial charge in [0.2, 0.25) is 0 Å². The molecule has 6 nitrogen and oxygen atoms in total. The van der Waals surface area contributed by atoms with Crippen LogP contribution in [0.1, 0.15) is 60.2 Å². The van der Waals surface area contributed by atoms with E-state index in [4.69, 9.17) is 4.74 Å². The van der Waals surface area contributed by atoms with Gasteiger partial charge in [-0.1, -0.05) is 6.92 Å². The van der Waals surface area contributed by atoms with Gasteiger partial charge in [-0.15, -0.1) is 0 Å². The number of hydrogen-bond acceptors (Lipinski definition) is 5. The highest BCUT2D eigenvalue weighted by Crippen LogP contribution is 2.25. The predicted octanol–water partition coefficient (Wildman–Crippen LogP) is 4.28. The molecule has 1 atom stereocenters. The minimum Gasteiger partial charge on any atom is -0.462 e. The van der Waals surface area contributed by atoms with Crippen molar-refractivity contribution in [2.24, 2.45) is 0 Å². The monoisotopic (exact) mass is 381 g/mol. The van der Waals surface area contributed by atoms with Crippen molar-refractivity contribution >= 4 is 23.4 Å². The summed E-state index contributed by atoms with van der Waals surface area (Å²) in [5.74, 6) is 0.292. The average molecular weight is 381 g/mol. The fourth-order valence-electron chi connectivity index (χ4n) is 3.55. The molecule has 1 aromatic heterocycles. The van der Waals surface area contributed by atoms with Crippen LogP contribution < -0.4 is 10.2 Å². The number of nitrogens with zero attached hydrogens (tertiary/aromatic N) is 2. The number of pyridine rings is 1. The van der Waals surface area contributed by atoms with Crippen LogP contribution in [0.4, 0.5) is 11.5 Å². The number of carbonyl (C=O) groups is 2. The van der Waals surface area contributed by atoms with Crippen LogP contribution in [0.3, 0.4) is 0 Å². The zero-order valence-electron chi connectivity index (χ0n) is 16.5. The quantitative estimate of drug-likeness (QED) is 0.756. The third-order valence-electron chi connectivity index (χ3n) is 5.05. The largest absolute Gasteiger partial charge is 0.462 e. The maximum atomic E-state index is 12.7. The minimum atomic E-state index is -0.369. The summed E-state index contributed by atoms with van der Waals surface area (Å²) >= 11 is 0. The van der Waals surface area contributed by atoms with Crippen molar-refractivity contribution in [1.29, 1.82) is 0 Å². The number of ether oxygens (including phenoxy) is 1. The second-order valence-corrected chi connectivity index (χ2v) is 6.91. The Morgan fingerprint density at radius 2 is 1.93 bits per heavy atom. The lowest BCUT2D eigenvalue weighted by Gasteiger charge is -2.36. The Morgan fingerprint density at radius 3 is 2.64 bits per heavy atom. The van der Waals surface area contributed by atoms with Crippen LogP contribution in [0.2, 0.25) is 0 Å². The molecule has 1 aromatic carbocycles. The lowest BCUT2D eigenvalue weighted by Crippen LogP contribution is -2.39. The van der Waals surface area contributed by atoms with E-state index < -0.39 is 0 Å². The third kappa shape index (κ3) is 4.68. The van der Waals surface area contributed by atoms with Gasteiger partial charge in [0.25, 0.3) is 5.91 Å². The fraction of sp³-hybridized carbons (Fsp3) is 0.409. The molecular formula is C22H27N3O3. The van der Waals surface area contributed by atoms with Crippen molar-refractivity contribution in [3.05, 3.63) is 53.7 Å². The Morgan fingerprint density at radius 1 is 1.14 bits per heavy atom. The number of carbonyl (C=O) groups excluding carboxylic acids is 2. The third-order valence-corrected chi connectivity index (χ3v) is 5.05. The highest BCUT2D eigenvalue weighted by Gasteiger charge is 2.22. The van der Waals surface area contributed by atoms with Crippen LogP contribution in [0.5, 0.6) is 0 Å². The van der Waals surface area contributed by atoms with Crippen molar-refractivity contribution in [2.45, 2.75) is 45.6 Å². The number of aromatic nitrogens is 1. The zero-order valence-corrected chi connectivity index (χ0v) is 16.5. The summed E-state index contributed by atoms with van der Waals surface area (Å²) in [6.07, 6.45) is 6.33. The van der Waals surface area contributed by atoms with E-state index >= 15 is 0 Å². The summed E-state index contributed by atoms with van der Waals surface area (Å²) < 4.78 is 4.97. The number of nitrogens with one attached hydrogen (secondary N) is 1. The van der Waals surface area contributed by atoms with Crippen LogP contribution >= 0.6 is 0 Å². The molecule has 0 saturated carbocycles. The van der Waals surface area contributed by atoms with Crippen LogP contribution in [0, 0.1) is 0 Å². The Balaban J connectivity index is 1.70. The van der Waals surface area contributed by atoms with Crippen molar-refractivity contribution < 1.29 is 14.3 Å². The zero-order chi connectivity index (χ0) is 19.9. The Bertz CT molecular complexity index is 820. The molecule has 1 saturated heterocycles. The molecule has 28 heavy (non-hydrogen) atoms. The van der Waals surface area contributed by atoms with Crippen molar-refractivity contribution in [1.82, 2.24) is 4.98 Å². The number of benzene rings is 1. The first-order valence-electron chi connectivity index (χ1n) is 9.93. The number of rotatable bonds is 6. The maximum absolute atomic E-state index is 12.7. The van der Waals surface area contributed by atoms with E-state index in [0.29, 0.717) is 29.5 Å². The summed E-state index contributed by atoms with van der Waals surface area (Å²) in [5.41, 5.74) is 1.66. The smallest absolute Gasteiger partial charge is 0.338 e. The fourth-order valence-corrected chi connectivity index (χ4v) is 3.55. The molecule has 2 aromatic rings. The summed E-state index contributed by atoms with van der Waals surface area (Å²) in [4.78, 5) is 31.2. The van der Waals surface area contributed by atoms with Crippen molar-refractivity contribution in [2.75, 3.05) is 23.4 Å². The Kier molecular flexibility index (Phi) is 6.63. The van der Waals surface area contributed by atoms with Crippen LogP contribution in [0.25, 0.3) is 0 Å². The summed E-state index contributed by atoms with van der Waals surface area (Å²) in [5, 5.41) is 2.87. The summed E-state index contributed by atoms with van der Waals surface area (Å²) in [6, 6.07) is 10.7. The predicted molar refractivity (Wildman–Crippen MR) is 110 cm³/mol. The molecule has 1 aliphatic heterocycles. The van der Waals surface area contributed by atoms with Gasteiger partial charge in [-0.05, 0) is 69.0 Å². The van der Waals surface area contributed by atoms with Crippen molar-refractivity contribution in [3.63, 3.8) is 0 Å². The van der Waals surface area contributed by atoms with Gasteiger partial charge in [0.15, 0.2) is 0 Å². The molecule has 1 N–H and O–H groups in total. The standard InChI is InChI=1S/C22H27N3O3/c1-3-19-7-5-6-14-25(19)20-15-17(12-13-23-20)21(26)24-18-10-8-16(9-11-18)22(27)28-4-2/h8-13,15,19H,3-7,14H2,1-2H3,(H,24,26). The van der Waals surface area contributed by atoms with Gasteiger partial charge < -0.3 is 15.0 Å². The second kappa shape index (κ2) is 9.35. The highest BCUT2D eigenvalue weighted by atomic mass is 16.5. The molecular weight excluding hydrogens is 354 g/mol. The normalized spacial score (nSPS) is 16.5. The van der Waals surface area contributed by atoms with E-state index in [9.17, 15) is 9.59 Å². The Labute approximate surface area is 165 Å². The highest BCUT2D eigenvalue weighted by molar-refractivity contribution is 6.04. The molecule has 1 unspecified atom stereocenters. The average Bonchev–Trinajstić information content (AvgIpc) is 2.74.